The molecule has 148 valence electrons. The Morgan fingerprint density at radius 3 is 2.56 bits per heavy atom. The second-order valence-corrected chi connectivity index (χ2v) is 9.16. The molecule has 1 saturated heterocycles. The largest absolute Gasteiger partial charge is 0.400 e. The average molecular weight is 392 g/mol. The average Bonchev–Trinajstić information content (AvgIpc) is 2.86. The van der Waals surface area contributed by atoms with E-state index in [1.165, 1.54) is 6.42 Å². The van der Waals surface area contributed by atoms with Gasteiger partial charge in [0, 0.05) is 28.9 Å². The van der Waals surface area contributed by atoms with Gasteiger partial charge in [-0.25, -0.2) is 0 Å². The van der Waals surface area contributed by atoms with Gasteiger partial charge in [0.25, 0.3) is 11.8 Å². The van der Waals surface area contributed by atoms with E-state index in [1.807, 2.05) is 18.2 Å². The van der Waals surface area contributed by atoms with Crippen LogP contribution in [0, 0.1) is 0 Å². The third-order valence-corrected chi connectivity index (χ3v) is 7.97. The summed E-state index contributed by atoms with van der Waals surface area (Å²) < 4.78 is 6.42. The van der Waals surface area contributed by atoms with Gasteiger partial charge < -0.3 is 14.9 Å². The number of carbonyl (C=O) groups excluding carboxylic acids is 1. The standard InChI is InChI=1S/C20H25NO3S.CH4O/c22-18-19-13-7-6-12-17(19)25-16-11-5-4-10-15(16)20(23,24-19)21(18)14-8-2-1-3-9-14;1-2/h4-5,10-11,14,17,23H,1-3,6-9,12-13H2;2H,1H3/t17-,19-,20+;/m1./s1. The smallest absolute Gasteiger partial charge is 0.282 e. The number of fused-ring (bicyclic) bond motifs is 3. The molecule has 1 aromatic carbocycles. The molecule has 0 radical (unpaired) electrons. The van der Waals surface area contributed by atoms with Crippen LogP contribution >= 0.6 is 11.8 Å². The fourth-order valence-corrected chi connectivity index (χ4v) is 6.78. The molecule has 2 aliphatic carbocycles. The van der Waals surface area contributed by atoms with E-state index >= 15 is 0 Å². The molecule has 0 unspecified atom stereocenters. The third kappa shape index (κ3) is 2.84. The van der Waals surface area contributed by atoms with Crippen molar-refractivity contribution < 1.29 is 19.7 Å². The number of amides is 1. The van der Waals surface area contributed by atoms with E-state index < -0.39 is 11.5 Å². The summed E-state index contributed by atoms with van der Waals surface area (Å²) in [5.74, 6) is -1.57. The second-order valence-electron chi connectivity index (χ2n) is 7.92. The van der Waals surface area contributed by atoms with E-state index in [-0.39, 0.29) is 17.2 Å². The van der Waals surface area contributed by atoms with Gasteiger partial charge in [-0.15, -0.1) is 11.8 Å². The fraction of sp³-hybridized carbons (Fsp3) is 0.667. The molecule has 1 amide bonds. The fourth-order valence-electron chi connectivity index (χ4n) is 5.24. The Labute approximate surface area is 165 Å². The minimum absolute atomic E-state index is 0.0357. The van der Waals surface area contributed by atoms with Gasteiger partial charge in [-0.05, 0) is 38.2 Å². The Balaban J connectivity index is 0.000000872. The van der Waals surface area contributed by atoms with Crippen LogP contribution < -0.4 is 0 Å². The second kappa shape index (κ2) is 7.39. The van der Waals surface area contributed by atoms with Gasteiger partial charge in [-0.1, -0.05) is 43.9 Å². The number of hydrogen-bond acceptors (Lipinski definition) is 5. The zero-order chi connectivity index (χ0) is 19.1. The van der Waals surface area contributed by atoms with Crippen molar-refractivity contribution in [3.63, 3.8) is 0 Å². The molecule has 3 fully saturated rings. The lowest BCUT2D eigenvalue weighted by Gasteiger charge is -2.40. The summed E-state index contributed by atoms with van der Waals surface area (Å²) in [7, 11) is 1.00. The van der Waals surface area contributed by atoms with E-state index in [0.29, 0.717) is 0 Å². The summed E-state index contributed by atoms with van der Waals surface area (Å²) in [5.41, 5.74) is -0.0982. The Kier molecular flexibility index (Phi) is 5.27. The lowest BCUT2D eigenvalue weighted by Crippen LogP contribution is -2.54. The maximum Gasteiger partial charge on any atom is 0.282 e. The predicted molar refractivity (Wildman–Crippen MR) is 104 cm³/mol. The van der Waals surface area contributed by atoms with Crippen LogP contribution in [0.5, 0.6) is 0 Å². The maximum absolute atomic E-state index is 13.6. The molecule has 2 bridgehead atoms. The predicted octanol–water partition coefficient (Wildman–Crippen LogP) is 3.38. The molecule has 27 heavy (non-hydrogen) atoms. The molecule has 2 saturated carbocycles. The van der Waals surface area contributed by atoms with E-state index in [0.717, 1.165) is 68.9 Å². The number of thioether (sulfide) groups is 1. The van der Waals surface area contributed by atoms with E-state index in [1.54, 1.807) is 16.7 Å². The van der Waals surface area contributed by atoms with Crippen molar-refractivity contribution in [2.75, 3.05) is 7.11 Å². The number of rotatable bonds is 1. The van der Waals surface area contributed by atoms with Crippen LogP contribution in [0.2, 0.25) is 0 Å². The Morgan fingerprint density at radius 1 is 1.07 bits per heavy atom. The van der Waals surface area contributed by atoms with Gasteiger partial charge in [0.1, 0.15) is 0 Å². The molecule has 5 rings (SSSR count). The van der Waals surface area contributed by atoms with Crippen LogP contribution in [0.1, 0.15) is 63.4 Å². The van der Waals surface area contributed by atoms with Gasteiger partial charge in [0.2, 0.25) is 0 Å². The molecule has 3 atom stereocenters. The molecular formula is C21H29NO4S. The zero-order valence-corrected chi connectivity index (χ0v) is 16.7. The summed E-state index contributed by atoms with van der Waals surface area (Å²) in [6.07, 6.45) is 9.21. The van der Waals surface area contributed by atoms with Gasteiger partial charge >= 0.3 is 0 Å². The molecule has 0 aromatic heterocycles. The third-order valence-electron chi connectivity index (χ3n) is 6.46. The number of benzene rings is 1. The SMILES string of the molecule is CO.O=C1N(C2CCCCC2)[C@@]2(O)O[C@@]13CCCC[C@H]3Sc1ccccc12. The molecule has 4 aliphatic rings. The summed E-state index contributed by atoms with van der Waals surface area (Å²) in [6, 6.07) is 8.03. The molecule has 1 aromatic rings. The van der Waals surface area contributed by atoms with E-state index in [9.17, 15) is 9.90 Å². The maximum atomic E-state index is 13.6. The van der Waals surface area contributed by atoms with Gasteiger partial charge in [-0.2, -0.15) is 0 Å². The lowest BCUT2D eigenvalue weighted by molar-refractivity contribution is -0.294. The minimum Gasteiger partial charge on any atom is -0.400 e. The summed E-state index contributed by atoms with van der Waals surface area (Å²) in [5, 5.41) is 18.8. The van der Waals surface area contributed by atoms with Crippen molar-refractivity contribution in [1.29, 1.82) is 0 Å². The van der Waals surface area contributed by atoms with Crippen LogP contribution in [-0.2, 0) is 15.4 Å². The molecule has 2 aliphatic heterocycles. The first-order valence-corrected chi connectivity index (χ1v) is 11.0. The summed E-state index contributed by atoms with van der Waals surface area (Å²) in [6.45, 7) is 0. The Morgan fingerprint density at radius 2 is 1.78 bits per heavy atom. The summed E-state index contributed by atoms with van der Waals surface area (Å²) in [4.78, 5) is 16.4. The number of carbonyl (C=O) groups is 1. The first-order valence-electron chi connectivity index (χ1n) is 10.1. The molecule has 2 N–H and O–H groups in total. The number of ether oxygens (including phenoxy) is 1. The highest BCUT2D eigenvalue weighted by Crippen LogP contribution is 2.57. The van der Waals surface area contributed by atoms with Crippen molar-refractivity contribution in [3.8, 4) is 0 Å². The highest BCUT2D eigenvalue weighted by atomic mass is 32.2. The van der Waals surface area contributed by atoms with E-state index in [4.69, 9.17) is 9.84 Å². The van der Waals surface area contributed by atoms with Crippen LogP contribution in [-0.4, -0.2) is 45.0 Å². The van der Waals surface area contributed by atoms with Crippen LogP contribution in [0.25, 0.3) is 0 Å². The first kappa shape index (κ1) is 19.2. The van der Waals surface area contributed by atoms with Gasteiger partial charge in [0.15, 0.2) is 5.60 Å². The Hall–Kier alpha value is -1.08. The Bertz CT molecular complexity index is 707. The van der Waals surface area contributed by atoms with Gasteiger partial charge in [0.05, 0.1) is 0 Å². The van der Waals surface area contributed by atoms with Crippen LogP contribution in [0.4, 0.5) is 0 Å². The lowest BCUT2D eigenvalue weighted by atomic mass is 9.83. The van der Waals surface area contributed by atoms with Crippen LogP contribution in [0.3, 0.4) is 0 Å². The zero-order valence-electron chi connectivity index (χ0n) is 15.9. The first-order chi connectivity index (χ1) is 13.2. The molecular weight excluding hydrogens is 362 g/mol. The highest BCUT2D eigenvalue weighted by molar-refractivity contribution is 8.00. The van der Waals surface area contributed by atoms with Crippen molar-refractivity contribution in [2.24, 2.45) is 0 Å². The number of aliphatic hydroxyl groups is 2. The topological polar surface area (TPSA) is 70.0 Å². The van der Waals surface area contributed by atoms with E-state index in [2.05, 4.69) is 6.07 Å². The van der Waals surface area contributed by atoms with Crippen molar-refractivity contribution in [3.05, 3.63) is 29.8 Å². The van der Waals surface area contributed by atoms with Crippen LogP contribution in [0.15, 0.2) is 29.2 Å². The molecule has 6 heteroatoms. The number of hydrogen-bond donors (Lipinski definition) is 2. The monoisotopic (exact) mass is 391 g/mol. The highest BCUT2D eigenvalue weighted by Gasteiger charge is 2.67. The molecule has 5 nitrogen and oxygen atoms in total. The molecule has 1 spiro atoms. The van der Waals surface area contributed by atoms with Gasteiger partial charge in [-0.3, -0.25) is 9.69 Å². The quantitative estimate of drug-likeness (QED) is 0.768. The normalized spacial score (nSPS) is 35.6. The number of nitrogens with zero attached hydrogens (tertiary/aromatic N) is 1. The number of aliphatic hydroxyl groups excluding tert-OH is 1. The van der Waals surface area contributed by atoms with Crippen molar-refractivity contribution in [1.82, 2.24) is 4.90 Å². The molecule has 2 heterocycles. The van der Waals surface area contributed by atoms with Crippen molar-refractivity contribution >= 4 is 17.7 Å². The summed E-state index contributed by atoms with van der Waals surface area (Å²) >= 11 is 1.73. The van der Waals surface area contributed by atoms with Crippen molar-refractivity contribution in [2.45, 2.75) is 85.5 Å². The minimum atomic E-state index is -1.60.